The first-order valence-corrected chi connectivity index (χ1v) is 14.8. The van der Waals surface area contributed by atoms with Crippen LogP contribution in [0.1, 0.15) is 79.1 Å². The summed E-state index contributed by atoms with van der Waals surface area (Å²) in [5.41, 5.74) is -2.54. The van der Waals surface area contributed by atoms with Crippen molar-refractivity contribution in [3.8, 4) is 0 Å². The molecule has 5 saturated carbocycles. The number of aliphatic hydroxyl groups excluding tert-OH is 1. The van der Waals surface area contributed by atoms with Crippen molar-refractivity contribution in [1.29, 1.82) is 0 Å². The van der Waals surface area contributed by atoms with E-state index in [1.165, 1.54) is 0 Å². The second-order valence-electron chi connectivity index (χ2n) is 15.1. The minimum Gasteiger partial charge on any atom is -0.443 e. The van der Waals surface area contributed by atoms with E-state index in [2.05, 4.69) is 25.7 Å². The van der Waals surface area contributed by atoms with Crippen LogP contribution in [0, 0.1) is 57.7 Å². The number of nitrogens with zero attached hydrogens (tertiary/aromatic N) is 1. The number of hydrogen-bond acceptors (Lipinski definition) is 7. The number of Topliss-reactive ketones (excluding diaryl/α,β-unsaturated/α-hetero) is 2. The van der Waals surface area contributed by atoms with Crippen LogP contribution in [-0.2, 0) is 23.9 Å². The summed E-state index contributed by atoms with van der Waals surface area (Å²) in [7, 11) is 0. The molecule has 9 rings (SSSR count). The zero-order valence-electron chi connectivity index (χ0n) is 22.6. The molecule has 1 N–H and O–H groups in total. The Morgan fingerprint density at radius 3 is 2.59 bits per heavy atom. The van der Waals surface area contributed by atoms with Crippen LogP contribution in [-0.4, -0.2) is 58.2 Å². The molecule has 202 valence electrons. The van der Waals surface area contributed by atoms with Crippen LogP contribution in [0.5, 0.6) is 0 Å². The lowest BCUT2D eigenvalue weighted by atomic mass is 9.29. The lowest BCUT2D eigenvalue weighted by Gasteiger charge is -2.79. The maximum atomic E-state index is 14.4. The topological polar surface area (TPSA) is 93.1 Å². The van der Waals surface area contributed by atoms with Crippen LogP contribution >= 0.6 is 0 Å². The van der Waals surface area contributed by atoms with Crippen molar-refractivity contribution >= 4 is 17.5 Å². The fraction of sp³-hybridized carbons (Fsp3) is 0.900. The molecule has 9 fully saturated rings. The van der Waals surface area contributed by atoms with Gasteiger partial charge < -0.3 is 14.6 Å². The molecular weight excluding hydrogens is 470 g/mol. The van der Waals surface area contributed by atoms with Crippen LogP contribution < -0.4 is 0 Å². The van der Waals surface area contributed by atoms with Gasteiger partial charge in [-0.15, -0.1) is 0 Å². The number of rotatable bonds is 1. The summed E-state index contributed by atoms with van der Waals surface area (Å²) in [5.74, 6) is -0.244. The molecule has 2 spiro atoms. The Morgan fingerprint density at radius 1 is 1.05 bits per heavy atom. The molecule has 9 aliphatic rings. The Bertz CT molecular complexity index is 1140. The first-order chi connectivity index (χ1) is 17.5. The number of ketones is 2. The van der Waals surface area contributed by atoms with Gasteiger partial charge in [0.25, 0.3) is 0 Å². The fourth-order valence-corrected chi connectivity index (χ4v) is 12.5. The van der Waals surface area contributed by atoms with E-state index >= 15 is 0 Å². The Kier molecular flexibility index (Phi) is 4.26. The maximum absolute atomic E-state index is 14.4. The van der Waals surface area contributed by atoms with Crippen molar-refractivity contribution in [3.63, 3.8) is 0 Å². The van der Waals surface area contributed by atoms with Crippen LogP contribution in [0.15, 0.2) is 0 Å². The number of piperidine rings is 1. The van der Waals surface area contributed by atoms with Crippen molar-refractivity contribution in [2.45, 2.75) is 96.6 Å². The zero-order chi connectivity index (χ0) is 25.9. The summed E-state index contributed by atoms with van der Waals surface area (Å²) in [6.07, 6.45) is 6.22. The molecule has 4 heterocycles. The number of fused-ring (bicyclic) bond motifs is 3. The van der Waals surface area contributed by atoms with Crippen LogP contribution in [0.4, 0.5) is 0 Å². The Balaban J connectivity index is 1.36. The van der Waals surface area contributed by atoms with Crippen molar-refractivity contribution in [2.24, 2.45) is 57.7 Å². The number of esters is 1. The normalized spacial score (nSPS) is 61.5. The summed E-state index contributed by atoms with van der Waals surface area (Å²) >= 11 is 0. The van der Waals surface area contributed by atoms with Gasteiger partial charge in [-0.2, -0.15) is 0 Å². The minimum absolute atomic E-state index is 0.0192. The molecule has 0 aromatic rings. The molecule has 0 aromatic heterocycles. The molecule has 4 saturated heterocycles. The third kappa shape index (κ3) is 2.31. The number of carbonyl (C=O) groups is 3. The van der Waals surface area contributed by atoms with Crippen molar-refractivity contribution in [3.05, 3.63) is 0 Å². The van der Waals surface area contributed by atoms with Gasteiger partial charge in [0, 0.05) is 48.7 Å². The molecule has 0 amide bonds. The Morgan fingerprint density at radius 2 is 1.84 bits per heavy atom. The molecule has 8 bridgehead atoms. The highest BCUT2D eigenvalue weighted by molar-refractivity contribution is 5.97. The predicted molar refractivity (Wildman–Crippen MR) is 132 cm³/mol. The van der Waals surface area contributed by atoms with Crippen LogP contribution in [0.3, 0.4) is 0 Å². The van der Waals surface area contributed by atoms with E-state index in [1.54, 1.807) is 0 Å². The van der Waals surface area contributed by atoms with Crippen molar-refractivity contribution in [2.75, 3.05) is 13.2 Å². The van der Waals surface area contributed by atoms with Gasteiger partial charge in [-0.1, -0.05) is 27.7 Å². The molecule has 0 unspecified atom stereocenters. The number of hydrogen-bond donors (Lipinski definition) is 1. The lowest BCUT2D eigenvalue weighted by Crippen LogP contribution is -2.84. The van der Waals surface area contributed by atoms with Gasteiger partial charge in [0.2, 0.25) is 0 Å². The van der Waals surface area contributed by atoms with E-state index in [0.29, 0.717) is 18.8 Å². The molecular formula is C30H41NO6. The number of aliphatic hydroxyl groups is 1. The standard InChI is InChI=1S/C30H41NO6/c1-15-7-18-12-31-29(9-15,36-18)6-5-27(4)26(3)11-21(33)37-30(27,31)14-28-10-19-17(13-32)8-20(28)22(24(19)35)16(2)23(34)25(26)28/h15-20,22,25,32H,5-14H2,1-4H3/t15-,16+,17-,18+,19-,20+,22+,25+,26-,27-,28-,29-,30+/m0/s1. The van der Waals surface area contributed by atoms with Gasteiger partial charge in [0.05, 0.1) is 12.5 Å². The van der Waals surface area contributed by atoms with Crippen molar-refractivity contribution < 1.29 is 29.0 Å². The molecule has 7 nitrogen and oxygen atoms in total. The van der Waals surface area contributed by atoms with Crippen molar-refractivity contribution in [1.82, 2.24) is 4.90 Å². The largest absolute Gasteiger partial charge is 0.443 e. The summed E-state index contributed by atoms with van der Waals surface area (Å²) in [6, 6.07) is 0. The van der Waals surface area contributed by atoms with Gasteiger partial charge in [0.15, 0.2) is 5.72 Å². The molecule has 0 aromatic carbocycles. The zero-order valence-corrected chi connectivity index (χ0v) is 22.6. The summed E-state index contributed by atoms with van der Waals surface area (Å²) in [6.45, 7) is 9.59. The monoisotopic (exact) mass is 511 g/mol. The second kappa shape index (κ2) is 6.69. The summed E-state index contributed by atoms with van der Waals surface area (Å²) < 4.78 is 13.5. The van der Waals surface area contributed by atoms with E-state index < -0.39 is 16.9 Å². The molecule has 5 aliphatic carbocycles. The van der Waals surface area contributed by atoms with E-state index in [0.717, 1.165) is 38.6 Å². The van der Waals surface area contributed by atoms with E-state index in [-0.39, 0.29) is 83.0 Å². The van der Waals surface area contributed by atoms with E-state index in [4.69, 9.17) is 9.47 Å². The minimum atomic E-state index is -0.828. The molecule has 4 aliphatic heterocycles. The van der Waals surface area contributed by atoms with Gasteiger partial charge in [-0.3, -0.25) is 14.4 Å². The van der Waals surface area contributed by atoms with E-state index in [1.807, 2.05) is 6.92 Å². The highest BCUT2D eigenvalue weighted by atomic mass is 16.6. The Labute approximate surface area is 219 Å². The summed E-state index contributed by atoms with van der Waals surface area (Å²) in [4.78, 5) is 44.2. The number of ether oxygens (including phenoxy) is 2. The van der Waals surface area contributed by atoms with E-state index in [9.17, 15) is 19.5 Å². The average molecular weight is 512 g/mol. The van der Waals surface area contributed by atoms with Crippen LogP contribution in [0.25, 0.3) is 0 Å². The lowest BCUT2D eigenvalue weighted by molar-refractivity contribution is -0.387. The average Bonchev–Trinajstić information content (AvgIpc) is 3.11. The van der Waals surface area contributed by atoms with Gasteiger partial charge in [0.1, 0.15) is 17.3 Å². The predicted octanol–water partition coefficient (Wildman–Crippen LogP) is 3.32. The summed E-state index contributed by atoms with van der Waals surface area (Å²) in [5, 5.41) is 10.2. The van der Waals surface area contributed by atoms with Gasteiger partial charge >= 0.3 is 5.97 Å². The molecule has 0 radical (unpaired) electrons. The third-order valence-electron chi connectivity index (χ3n) is 13.8. The highest BCUT2D eigenvalue weighted by Gasteiger charge is 2.85. The fourth-order valence-electron chi connectivity index (χ4n) is 12.5. The third-order valence-corrected chi connectivity index (χ3v) is 13.8. The Hall–Kier alpha value is -1.31. The molecule has 7 heteroatoms. The smallest absolute Gasteiger partial charge is 0.308 e. The maximum Gasteiger partial charge on any atom is 0.308 e. The van der Waals surface area contributed by atoms with Gasteiger partial charge in [-0.05, 0) is 67.1 Å². The highest BCUT2D eigenvalue weighted by Crippen LogP contribution is 2.80. The molecule has 37 heavy (non-hydrogen) atoms. The number of carbonyl (C=O) groups excluding carboxylic acids is 3. The molecule has 13 atom stereocenters. The first kappa shape index (κ1) is 23.6. The van der Waals surface area contributed by atoms with Crippen LogP contribution in [0.2, 0.25) is 0 Å². The quantitative estimate of drug-likeness (QED) is 0.540. The SMILES string of the molecule is C[C@H]1C[C@@H]2CN3[C@](CC[C@@]4(C)[C@@]5(C)CC(=O)O[C@@]34C[C@@]34C[C@@H]6C(=O)[C@@H]([C@H]3C[C@H]6CO)[C@@H](C)C(=O)[C@@H]45)(C1)O2. The van der Waals surface area contributed by atoms with Gasteiger partial charge in [-0.25, -0.2) is 4.90 Å². The second-order valence-corrected chi connectivity index (χ2v) is 15.1. The first-order valence-electron chi connectivity index (χ1n) is 14.8.